The second-order valence-electron chi connectivity index (χ2n) is 8.80. The van der Waals surface area contributed by atoms with Crippen LogP contribution in [0.4, 0.5) is 5.69 Å². The van der Waals surface area contributed by atoms with Gasteiger partial charge in [-0.2, -0.15) is 0 Å². The second kappa shape index (κ2) is 9.35. The lowest BCUT2D eigenvalue weighted by molar-refractivity contribution is 0.0697. The van der Waals surface area contributed by atoms with Gasteiger partial charge in [0, 0.05) is 17.4 Å². The van der Waals surface area contributed by atoms with E-state index in [2.05, 4.69) is 48.4 Å². The van der Waals surface area contributed by atoms with Crippen LogP contribution in [0.15, 0.2) is 89.5 Å². The fourth-order valence-corrected chi connectivity index (χ4v) is 4.83. The zero-order valence-corrected chi connectivity index (χ0v) is 20.2. The quantitative estimate of drug-likeness (QED) is 0.310. The van der Waals surface area contributed by atoms with Crippen LogP contribution < -0.4 is 10.2 Å². The van der Waals surface area contributed by atoms with Crippen LogP contribution in [0.1, 0.15) is 59.2 Å². The van der Waals surface area contributed by atoms with Gasteiger partial charge in [0.05, 0.1) is 17.3 Å². The van der Waals surface area contributed by atoms with E-state index in [-0.39, 0.29) is 17.6 Å². The van der Waals surface area contributed by atoms with E-state index >= 15 is 0 Å². The second-order valence-corrected chi connectivity index (χ2v) is 9.18. The van der Waals surface area contributed by atoms with Gasteiger partial charge in [-0.1, -0.05) is 50.2 Å². The minimum absolute atomic E-state index is 0.191. The zero-order valence-electron chi connectivity index (χ0n) is 19.4. The Bertz CT molecular complexity index is 1370. The Balaban J connectivity index is 1.60. The first-order chi connectivity index (χ1) is 16.9. The fraction of sp³-hybridized carbons (Fsp3) is 0.179. The molecular weight excluding hydrogens is 458 g/mol. The van der Waals surface area contributed by atoms with E-state index in [1.54, 1.807) is 30.5 Å². The summed E-state index contributed by atoms with van der Waals surface area (Å²) in [5.41, 5.74) is 3.75. The van der Waals surface area contributed by atoms with Crippen LogP contribution in [-0.2, 0) is 0 Å². The first-order valence-corrected chi connectivity index (χ1v) is 11.9. The van der Waals surface area contributed by atoms with Crippen molar-refractivity contribution < 1.29 is 14.3 Å². The normalized spacial score (nSPS) is 17.6. The average molecular weight is 484 g/mol. The van der Waals surface area contributed by atoms with E-state index in [0.717, 1.165) is 11.4 Å². The number of benzene rings is 2. The highest BCUT2D eigenvalue weighted by molar-refractivity contribution is 7.80. The van der Waals surface area contributed by atoms with Crippen LogP contribution in [0.3, 0.4) is 0 Å². The van der Waals surface area contributed by atoms with Gasteiger partial charge in [0.1, 0.15) is 17.6 Å². The molecule has 7 heteroatoms. The molecule has 2 aromatic heterocycles. The molecule has 0 saturated carbocycles. The Morgan fingerprint density at radius 3 is 2.46 bits per heavy atom. The number of carbonyl (C=O) groups is 1. The maximum atomic E-state index is 11.8. The maximum Gasteiger partial charge on any atom is 0.336 e. The van der Waals surface area contributed by atoms with Crippen LogP contribution in [0, 0.1) is 0 Å². The third kappa shape index (κ3) is 4.31. The summed E-state index contributed by atoms with van der Waals surface area (Å²) in [4.78, 5) is 18.4. The lowest BCUT2D eigenvalue weighted by Crippen LogP contribution is -2.29. The molecule has 0 aliphatic carbocycles. The third-order valence-corrected chi connectivity index (χ3v) is 6.59. The van der Waals surface area contributed by atoms with E-state index in [1.807, 2.05) is 35.2 Å². The molecule has 0 spiro atoms. The number of nitrogens with zero attached hydrogens (tertiary/aromatic N) is 2. The van der Waals surface area contributed by atoms with E-state index in [0.29, 0.717) is 28.1 Å². The standard InChI is InChI=1S/C28H25N3O3S/c1-17(2)18-10-12-19(13-11-18)31-26(25(30-28(31)35)22-9-5-6-16-29-22)24-15-14-23(34-24)20-7-3-4-8-21(20)27(32)33/h3-17,25-26H,1-2H3,(H,30,35)(H,32,33)/t25-,26-/m1/s1. The summed E-state index contributed by atoms with van der Waals surface area (Å²) in [6.07, 6.45) is 1.76. The lowest BCUT2D eigenvalue weighted by Gasteiger charge is -2.26. The van der Waals surface area contributed by atoms with Crippen molar-refractivity contribution in [3.63, 3.8) is 0 Å². The van der Waals surface area contributed by atoms with Crippen LogP contribution >= 0.6 is 12.2 Å². The number of carboxylic acid groups (broad SMARTS) is 1. The predicted molar refractivity (Wildman–Crippen MR) is 140 cm³/mol. The largest absolute Gasteiger partial charge is 0.478 e. The summed E-state index contributed by atoms with van der Waals surface area (Å²) < 4.78 is 6.33. The molecule has 0 radical (unpaired) electrons. The number of rotatable bonds is 6. The minimum atomic E-state index is -1.000. The minimum Gasteiger partial charge on any atom is -0.478 e. The number of aromatic carboxylic acids is 1. The topological polar surface area (TPSA) is 78.6 Å². The first kappa shape index (κ1) is 22.8. The average Bonchev–Trinajstić information content (AvgIpc) is 3.49. The summed E-state index contributed by atoms with van der Waals surface area (Å²) in [7, 11) is 0. The van der Waals surface area contributed by atoms with Crippen molar-refractivity contribution in [1.82, 2.24) is 10.3 Å². The molecule has 176 valence electrons. The number of anilines is 1. The molecule has 1 fully saturated rings. The Morgan fingerprint density at radius 2 is 1.77 bits per heavy atom. The summed E-state index contributed by atoms with van der Waals surface area (Å²) >= 11 is 5.78. The number of furan rings is 1. The molecule has 1 aliphatic heterocycles. The van der Waals surface area contributed by atoms with Gasteiger partial charge in [0.15, 0.2) is 5.11 Å². The molecule has 2 aromatic carbocycles. The Labute approximate surface area is 209 Å². The Hall–Kier alpha value is -3.97. The van der Waals surface area contributed by atoms with Gasteiger partial charge < -0.3 is 19.7 Å². The molecule has 1 aliphatic rings. The third-order valence-electron chi connectivity index (χ3n) is 6.28. The SMILES string of the molecule is CC(C)c1ccc(N2C(=S)N[C@H](c3ccccn3)[C@H]2c2ccc(-c3ccccc3C(=O)O)o2)cc1. The molecule has 3 heterocycles. The smallest absolute Gasteiger partial charge is 0.336 e. The monoisotopic (exact) mass is 483 g/mol. The van der Waals surface area contributed by atoms with Crippen molar-refractivity contribution in [2.45, 2.75) is 31.8 Å². The van der Waals surface area contributed by atoms with Crippen molar-refractivity contribution in [1.29, 1.82) is 0 Å². The number of aromatic nitrogens is 1. The van der Waals surface area contributed by atoms with Crippen LogP contribution in [0.2, 0.25) is 0 Å². The summed E-state index contributed by atoms with van der Waals surface area (Å²) in [5, 5.41) is 13.6. The van der Waals surface area contributed by atoms with E-state index < -0.39 is 5.97 Å². The zero-order chi connectivity index (χ0) is 24.5. The fourth-order valence-electron chi connectivity index (χ4n) is 4.48. The van der Waals surface area contributed by atoms with E-state index in [9.17, 15) is 9.90 Å². The van der Waals surface area contributed by atoms with Gasteiger partial charge in [-0.15, -0.1) is 0 Å². The van der Waals surface area contributed by atoms with Crippen LogP contribution in [-0.4, -0.2) is 21.2 Å². The number of hydrogen-bond donors (Lipinski definition) is 2. The molecule has 5 rings (SSSR count). The summed E-state index contributed by atoms with van der Waals surface area (Å²) in [5.74, 6) is 0.578. The summed E-state index contributed by atoms with van der Waals surface area (Å²) in [6, 6.07) is 24.1. The lowest BCUT2D eigenvalue weighted by atomic mass is 10.0. The van der Waals surface area contributed by atoms with Crippen molar-refractivity contribution in [3.05, 3.63) is 108 Å². The molecule has 0 bridgehead atoms. The molecule has 6 nitrogen and oxygen atoms in total. The van der Waals surface area contributed by atoms with Crippen LogP contribution in [0.25, 0.3) is 11.3 Å². The van der Waals surface area contributed by atoms with Gasteiger partial charge in [0.2, 0.25) is 0 Å². The van der Waals surface area contributed by atoms with Crippen molar-refractivity contribution in [2.75, 3.05) is 4.90 Å². The van der Waals surface area contributed by atoms with Crippen molar-refractivity contribution in [2.24, 2.45) is 0 Å². The molecular formula is C28H25N3O3S. The van der Waals surface area contributed by atoms with Gasteiger partial charge in [0.25, 0.3) is 0 Å². The summed E-state index contributed by atoms with van der Waals surface area (Å²) in [6.45, 7) is 4.33. The molecule has 0 amide bonds. The molecule has 1 saturated heterocycles. The molecule has 4 aromatic rings. The predicted octanol–water partition coefficient (Wildman–Crippen LogP) is 6.34. The number of carboxylic acids is 1. The molecule has 2 atom stereocenters. The number of pyridine rings is 1. The molecule has 35 heavy (non-hydrogen) atoms. The van der Waals surface area contributed by atoms with Gasteiger partial charge in [-0.05, 0) is 66.2 Å². The van der Waals surface area contributed by atoms with Gasteiger partial charge >= 0.3 is 5.97 Å². The van der Waals surface area contributed by atoms with Crippen molar-refractivity contribution >= 4 is 29.0 Å². The van der Waals surface area contributed by atoms with Gasteiger partial charge in [-0.25, -0.2) is 4.79 Å². The van der Waals surface area contributed by atoms with Crippen molar-refractivity contribution in [3.8, 4) is 11.3 Å². The van der Waals surface area contributed by atoms with Gasteiger partial charge in [-0.3, -0.25) is 4.98 Å². The maximum absolute atomic E-state index is 11.8. The van der Waals surface area contributed by atoms with E-state index in [1.165, 1.54) is 5.56 Å². The number of hydrogen-bond acceptors (Lipinski definition) is 4. The highest BCUT2D eigenvalue weighted by Crippen LogP contribution is 2.43. The van der Waals surface area contributed by atoms with E-state index in [4.69, 9.17) is 16.6 Å². The highest BCUT2D eigenvalue weighted by atomic mass is 32.1. The Kier molecular flexibility index (Phi) is 6.09. The molecule has 2 N–H and O–H groups in total. The first-order valence-electron chi connectivity index (χ1n) is 11.5. The highest BCUT2D eigenvalue weighted by Gasteiger charge is 2.42. The Morgan fingerprint density at radius 1 is 1.03 bits per heavy atom. The molecule has 0 unspecified atom stereocenters. The number of thiocarbonyl (C=S) groups is 1. The van der Waals surface area contributed by atoms with Crippen LogP contribution in [0.5, 0.6) is 0 Å². The number of nitrogens with one attached hydrogen (secondary N) is 1.